The lowest BCUT2D eigenvalue weighted by Crippen LogP contribution is -2.53. The molecule has 0 aromatic heterocycles. The van der Waals surface area contributed by atoms with Crippen LogP contribution >= 0.6 is 11.6 Å². The SMILES string of the molecule is CC(C)(C)C(=O)N1CCN(c2ccc(Cl)cc2)C(c2ccc(CN3CCOCC3)cc2)C1. The number of carbonyl (C=O) groups excluding carboxylic acids is 1. The van der Waals surface area contributed by atoms with Crippen molar-refractivity contribution in [3.05, 3.63) is 64.7 Å². The van der Waals surface area contributed by atoms with E-state index in [4.69, 9.17) is 16.3 Å². The summed E-state index contributed by atoms with van der Waals surface area (Å²) in [7, 11) is 0. The predicted molar refractivity (Wildman–Crippen MR) is 130 cm³/mol. The van der Waals surface area contributed by atoms with Crippen molar-refractivity contribution in [2.24, 2.45) is 5.41 Å². The van der Waals surface area contributed by atoms with Crippen LogP contribution in [0.3, 0.4) is 0 Å². The van der Waals surface area contributed by atoms with E-state index in [1.807, 2.05) is 37.8 Å². The van der Waals surface area contributed by atoms with Gasteiger partial charge in [-0.15, -0.1) is 0 Å². The molecule has 32 heavy (non-hydrogen) atoms. The summed E-state index contributed by atoms with van der Waals surface area (Å²) in [6.07, 6.45) is 0. The van der Waals surface area contributed by atoms with Crippen molar-refractivity contribution in [3.63, 3.8) is 0 Å². The van der Waals surface area contributed by atoms with Crippen molar-refractivity contribution >= 4 is 23.2 Å². The monoisotopic (exact) mass is 455 g/mol. The molecule has 2 aliphatic heterocycles. The minimum Gasteiger partial charge on any atom is -0.379 e. The normalized spacial score (nSPS) is 20.4. The molecule has 0 spiro atoms. The summed E-state index contributed by atoms with van der Waals surface area (Å²) in [5.41, 5.74) is 3.30. The average molecular weight is 456 g/mol. The van der Waals surface area contributed by atoms with Crippen LogP contribution in [-0.4, -0.2) is 61.6 Å². The number of ether oxygens (including phenoxy) is 1. The van der Waals surface area contributed by atoms with Crippen molar-refractivity contribution in [2.45, 2.75) is 33.4 Å². The zero-order valence-electron chi connectivity index (χ0n) is 19.4. The number of rotatable bonds is 4. The maximum Gasteiger partial charge on any atom is 0.228 e. The fourth-order valence-corrected chi connectivity index (χ4v) is 4.66. The molecule has 0 N–H and O–H groups in total. The van der Waals surface area contributed by atoms with E-state index in [2.05, 4.69) is 46.2 Å². The number of hydrogen-bond donors (Lipinski definition) is 0. The van der Waals surface area contributed by atoms with E-state index in [9.17, 15) is 4.79 Å². The minimum atomic E-state index is -0.380. The molecule has 1 unspecified atom stereocenters. The van der Waals surface area contributed by atoms with Gasteiger partial charge in [0.15, 0.2) is 0 Å². The second-order valence-electron chi connectivity index (χ2n) is 9.82. The molecule has 2 saturated heterocycles. The van der Waals surface area contributed by atoms with Gasteiger partial charge in [0.25, 0.3) is 0 Å². The molecule has 4 rings (SSSR count). The lowest BCUT2D eigenvalue weighted by Gasteiger charge is -2.44. The maximum absolute atomic E-state index is 13.0. The lowest BCUT2D eigenvalue weighted by molar-refractivity contribution is -0.140. The topological polar surface area (TPSA) is 36.0 Å². The van der Waals surface area contributed by atoms with E-state index in [1.165, 1.54) is 11.1 Å². The molecule has 1 amide bonds. The first-order valence-corrected chi connectivity index (χ1v) is 11.9. The van der Waals surface area contributed by atoms with Crippen molar-refractivity contribution in [3.8, 4) is 0 Å². The molecular formula is C26H34ClN3O2. The summed E-state index contributed by atoms with van der Waals surface area (Å²) in [4.78, 5) is 19.9. The van der Waals surface area contributed by atoms with Crippen LogP contribution in [0.25, 0.3) is 0 Å². The smallest absolute Gasteiger partial charge is 0.228 e. The third-order valence-corrected chi connectivity index (χ3v) is 6.59. The number of benzene rings is 2. The molecule has 2 aliphatic rings. The summed E-state index contributed by atoms with van der Waals surface area (Å²) in [5.74, 6) is 0.210. The van der Waals surface area contributed by atoms with E-state index < -0.39 is 0 Å². The van der Waals surface area contributed by atoms with Crippen LogP contribution in [0, 0.1) is 5.41 Å². The van der Waals surface area contributed by atoms with Gasteiger partial charge < -0.3 is 14.5 Å². The number of halogens is 1. The standard InChI is InChI=1S/C26H34ClN3O2/c1-26(2,3)25(31)29-12-13-30(23-10-8-22(27)9-11-23)24(19-29)21-6-4-20(5-7-21)18-28-14-16-32-17-15-28/h4-11,24H,12-19H2,1-3H3. The maximum atomic E-state index is 13.0. The van der Waals surface area contributed by atoms with Gasteiger partial charge in [0.2, 0.25) is 5.91 Å². The van der Waals surface area contributed by atoms with Gasteiger partial charge in [-0.05, 0) is 35.4 Å². The molecule has 172 valence electrons. The Balaban J connectivity index is 1.56. The van der Waals surface area contributed by atoms with E-state index in [0.29, 0.717) is 6.54 Å². The predicted octanol–water partition coefficient (Wildman–Crippen LogP) is 4.61. The summed E-state index contributed by atoms with van der Waals surface area (Å²) in [6.45, 7) is 12.7. The molecule has 1 atom stereocenters. The Morgan fingerprint density at radius 2 is 1.62 bits per heavy atom. The number of hydrogen-bond acceptors (Lipinski definition) is 4. The first-order chi connectivity index (χ1) is 15.3. The van der Waals surface area contributed by atoms with Crippen molar-refractivity contribution in [2.75, 3.05) is 50.8 Å². The molecule has 0 radical (unpaired) electrons. The largest absolute Gasteiger partial charge is 0.379 e. The Hall–Kier alpha value is -2.08. The Labute approximate surface area is 196 Å². The Morgan fingerprint density at radius 3 is 2.25 bits per heavy atom. The summed E-state index contributed by atoms with van der Waals surface area (Å²) < 4.78 is 5.46. The fourth-order valence-electron chi connectivity index (χ4n) is 4.53. The highest BCUT2D eigenvalue weighted by Gasteiger charge is 2.35. The fraction of sp³-hybridized carbons (Fsp3) is 0.500. The van der Waals surface area contributed by atoms with Gasteiger partial charge >= 0.3 is 0 Å². The van der Waals surface area contributed by atoms with Gasteiger partial charge in [0, 0.05) is 55.4 Å². The quantitative estimate of drug-likeness (QED) is 0.674. The van der Waals surface area contributed by atoms with Crippen LogP contribution in [0.5, 0.6) is 0 Å². The van der Waals surface area contributed by atoms with Gasteiger partial charge in [-0.25, -0.2) is 0 Å². The Kier molecular flexibility index (Phi) is 7.08. The molecule has 0 bridgehead atoms. The highest BCUT2D eigenvalue weighted by Crippen LogP contribution is 2.33. The molecular weight excluding hydrogens is 422 g/mol. The first kappa shape index (κ1) is 23.1. The van der Waals surface area contributed by atoms with Crippen LogP contribution in [0.1, 0.15) is 37.9 Å². The second-order valence-corrected chi connectivity index (χ2v) is 10.3. The van der Waals surface area contributed by atoms with Gasteiger partial charge in [-0.2, -0.15) is 0 Å². The van der Waals surface area contributed by atoms with Gasteiger partial charge in [-0.1, -0.05) is 56.6 Å². The van der Waals surface area contributed by atoms with E-state index in [0.717, 1.165) is 56.6 Å². The molecule has 2 aromatic rings. The van der Waals surface area contributed by atoms with E-state index >= 15 is 0 Å². The molecule has 0 saturated carbocycles. The van der Waals surface area contributed by atoms with Crippen LogP contribution < -0.4 is 4.90 Å². The van der Waals surface area contributed by atoms with Crippen LogP contribution in [-0.2, 0) is 16.1 Å². The Bertz CT molecular complexity index is 902. The highest BCUT2D eigenvalue weighted by atomic mass is 35.5. The number of morpholine rings is 1. The average Bonchev–Trinajstić information content (AvgIpc) is 2.79. The number of anilines is 1. The zero-order valence-corrected chi connectivity index (χ0v) is 20.1. The van der Waals surface area contributed by atoms with Gasteiger partial charge in [0.1, 0.15) is 0 Å². The number of nitrogens with zero attached hydrogens (tertiary/aromatic N) is 3. The highest BCUT2D eigenvalue weighted by molar-refractivity contribution is 6.30. The van der Waals surface area contributed by atoms with Crippen molar-refractivity contribution in [1.29, 1.82) is 0 Å². The lowest BCUT2D eigenvalue weighted by atomic mass is 9.92. The van der Waals surface area contributed by atoms with E-state index in [-0.39, 0.29) is 17.4 Å². The molecule has 2 aromatic carbocycles. The second kappa shape index (κ2) is 9.82. The molecule has 0 aliphatic carbocycles. The summed E-state index contributed by atoms with van der Waals surface area (Å²) in [5, 5.41) is 0.735. The molecule has 6 heteroatoms. The number of piperazine rings is 1. The Morgan fingerprint density at radius 1 is 0.969 bits per heavy atom. The number of carbonyl (C=O) groups is 1. The third-order valence-electron chi connectivity index (χ3n) is 6.34. The van der Waals surface area contributed by atoms with E-state index in [1.54, 1.807) is 0 Å². The summed E-state index contributed by atoms with van der Waals surface area (Å²) >= 11 is 6.13. The number of amides is 1. The molecule has 2 fully saturated rings. The summed E-state index contributed by atoms with van der Waals surface area (Å²) in [6, 6.07) is 17.0. The van der Waals surface area contributed by atoms with Crippen LogP contribution in [0.4, 0.5) is 5.69 Å². The zero-order chi connectivity index (χ0) is 22.7. The van der Waals surface area contributed by atoms with Crippen molar-refractivity contribution < 1.29 is 9.53 Å². The first-order valence-electron chi connectivity index (χ1n) is 11.5. The third kappa shape index (κ3) is 5.45. The molecule has 5 nitrogen and oxygen atoms in total. The van der Waals surface area contributed by atoms with Gasteiger partial charge in [0.05, 0.1) is 19.3 Å². The molecule has 2 heterocycles. The van der Waals surface area contributed by atoms with Crippen LogP contribution in [0.15, 0.2) is 48.5 Å². The minimum absolute atomic E-state index is 0.105. The van der Waals surface area contributed by atoms with Crippen LogP contribution in [0.2, 0.25) is 5.02 Å². The van der Waals surface area contributed by atoms with Gasteiger partial charge in [-0.3, -0.25) is 9.69 Å². The van der Waals surface area contributed by atoms with Crippen molar-refractivity contribution in [1.82, 2.24) is 9.80 Å².